The number of carboxylic acid groups (broad SMARTS) is 1. The van der Waals surface area contributed by atoms with Gasteiger partial charge in [-0.15, -0.1) is 0 Å². The molecule has 30 heavy (non-hydrogen) atoms. The van der Waals surface area contributed by atoms with Crippen LogP contribution in [0.1, 0.15) is 16.1 Å². The number of carboxylic acids is 1. The second-order valence-electron chi connectivity index (χ2n) is 6.19. The monoisotopic (exact) mass is 415 g/mol. The number of methoxy groups -OCH3 is 3. The molecule has 160 valence electrons. The molecule has 0 radical (unpaired) electrons. The lowest BCUT2D eigenvalue weighted by molar-refractivity contribution is 0.0696. The summed E-state index contributed by atoms with van der Waals surface area (Å²) >= 11 is 0. The number of para-hydroxylation sites is 1. The van der Waals surface area contributed by atoms with Crippen molar-refractivity contribution in [2.75, 3.05) is 27.1 Å². The lowest BCUT2D eigenvalue weighted by atomic mass is 10.2. The van der Waals surface area contributed by atoms with Gasteiger partial charge in [-0.05, 0) is 31.2 Å². The predicted molar refractivity (Wildman–Crippen MR) is 113 cm³/mol. The molecule has 0 saturated carbocycles. The lowest BCUT2D eigenvalue weighted by Crippen LogP contribution is -2.20. The van der Waals surface area contributed by atoms with Gasteiger partial charge in [-0.1, -0.05) is 18.2 Å². The van der Waals surface area contributed by atoms with E-state index in [2.05, 4.69) is 0 Å². The van der Waals surface area contributed by atoms with Crippen molar-refractivity contribution in [2.45, 2.75) is 6.92 Å². The summed E-state index contributed by atoms with van der Waals surface area (Å²) in [5.74, 6) is -0.0113. The van der Waals surface area contributed by atoms with Crippen LogP contribution < -0.4 is 25.5 Å². The maximum atomic E-state index is 11.8. The first kappa shape index (κ1) is 22.4. The molecule has 1 heterocycles. The molecule has 0 aliphatic rings. The molecule has 3 rings (SSSR count). The molecule has 1 aromatic heterocycles. The molecule has 3 aromatic rings. The van der Waals surface area contributed by atoms with E-state index in [9.17, 15) is 9.59 Å². The molecule has 0 atom stereocenters. The van der Waals surface area contributed by atoms with Gasteiger partial charge >= 0.3 is 5.97 Å². The number of benzene rings is 2. The van der Waals surface area contributed by atoms with Gasteiger partial charge in [0.05, 0.1) is 38.3 Å². The molecule has 0 bridgehead atoms. The first-order chi connectivity index (χ1) is 14.3. The van der Waals surface area contributed by atoms with E-state index in [1.165, 1.54) is 33.5 Å². The molecular weight excluding hydrogens is 390 g/mol. The highest BCUT2D eigenvalue weighted by Crippen LogP contribution is 2.38. The first-order valence-electron chi connectivity index (χ1n) is 8.89. The van der Waals surface area contributed by atoms with Crippen molar-refractivity contribution in [1.82, 2.24) is 9.36 Å². The van der Waals surface area contributed by atoms with Crippen molar-refractivity contribution in [2.24, 2.45) is 7.05 Å². The number of nitrogen functional groups attached to an aromatic ring is 1. The number of aromatic carboxylic acids is 1. The van der Waals surface area contributed by atoms with Gasteiger partial charge in [0.1, 0.15) is 5.69 Å². The minimum absolute atomic E-state index is 0.0875. The van der Waals surface area contributed by atoms with E-state index < -0.39 is 5.97 Å². The molecule has 0 unspecified atom stereocenters. The fraction of sp³-hybridized carbons (Fsp3) is 0.238. The van der Waals surface area contributed by atoms with Crippen LogP contribution in [-0.2, 0) is 7.05 Å². The Morgan fingerprint density at radius 3 is 1.90 bits per heavy atom. The van der Waals surface area contributed by atoms with Crippen molar-refractivity contribution >= 4 is 11.7 Å². The highest BCUT2D eigenvalue weighted by Gasteiger charge is 2.16. The summed E-state index contributed by atoms with van der Waals surface area (Å²) in [6, 6.07) is 12.2. The highest BCUT2D eigenvalue weighted by atomic mass is 16.5. The van der Waals surface area contributed by atoms with E-state index >= 15 is 0 Å². The van der Waals surface area contributed by atoms with Crippen molar-refractivity contribution in [3.05, 3.63) is 64.1 Å². The van der Waals surface area contributed by atoms with Gasteiger partial charge in [-0.3, -0.25) is 9.48 Å². The Morgan fingerprint density at radius 2 is 1.53 bits per heavy atom. The zero-order valence-corrected chi connectivity index (χ0v) is 17.5. The molecule has 9 nitrogen and oxygen atoms in total. The largest absolute Gasteiger partial charge is 0.493 e. The Balaban J connectivity index is 0.000000214. The number of nitrogens with two attached hydrogens (primary N) is 1. The summed E-state index contributed by atoms with van der Waals surface area (Å²) in [5.41, 5.74) is 7.52. The van der Waals surface area contributed by atoms with Crippen molar-refractivity contribution in [1.29, 1.82) is 0 Å². The fourth-order valence-corrected chi connectivity index (χ4v) is 2.79. The Kier molecular flexibility index (Phi) is 7.13. The molecule has 0 fully saturated rings. The quantitative estimate of drug-likeness (QED) is 0.657. The summed E-state index contributed by atoms with van der Waals surface area (Å²) in [5, 5.41) is 8.84. The van der Waals surface area contributed by atoms with E-state index in [-0.39, 0.29) is 11.1 Å². The van der Waals surface area contributed by atoms with E-state index in [0.717, 1.165) is 11.4 Å². The number of ether oxygens (including phenoxy) is 3. The molecule has 9 heteroatoms. The molecule has 0 aliphatic heterocycles. The Bertz CT molecular complexity index is 1060. The van der Waals surface area contributed by atoms with E-state index in [0.29, 0.717) is 22.9 Å². The zero-order valence-electron chi connectivity index (χ0n) is 17.5. The van der Waals surface area contributed by atoms with Gasteiger partial charge < -0.3 is 25.1 Å². The van der Waals surface area contributed by atoms with E-state index in [1.807, 2.05) is 44.3 Å². The average molecular weight is 415 g/mol. The molecular formula is C21H25N3O6. The number of aromatic nitrogens is 2. The number of hydrogen-bond acceptors (Lipinski definition) is 6. The van der Waals surface area contributed by atoms with E-state index in [4.69, 9.17) is 25.1 Å². The van der Waals surface area contributed by atoms with Crippen LogP contribution in [0.15, 0.2) is 47.3 Å². The topological polar surface area (TPSA) is 118 Å². The fourth-order valence-electron chi connectivity index (χ4n) is 2.79. The number of nitrogens with zero attached hydrogens (tertiary/aromatic N) is 2. The highest BCUT2D eigenvalue weighted by molar-refractivity contribution is 5.89. The first-order valence-corrected chi connectivity index (χ1v) is 8.89. The molecule has 2 aromatic carbocycles. The van der Waals surface area contributed by atoms with Crippen LogP contribution in [0.5, 0.6) is 17.2 Å². The summed E-state index contributed by atoms with van der Waals surface area (Å²) in [4.78, 5) is 22.6. The van der Waals surface area contributed by atoms with Crippen molar-refractivity contribution in [3.63, 3.8) is 0 Å². The van der Waals surface area contributed by atoms with Gasteiger partial charge in [0.2, 0.25) is 5.75 Å². The van der Waals surface area contributed by atoms with Gasteiger partial charge in [-0.2, -0.15) is 0 Å². The van der Waals surface area contributed by atoms with Crippen LogP contribution in [0, 0.1) is 6.92 Å². The maximum absolute atomic E-state index is 11.8. The van der Waals surface area contributed by atoms with Gasteiger partial charge in [0.25, 0.3) is 5.56 Å². The normalized spacial score (nSPS) is 10.0. The average Bonchev–Trinajstić information content (AvgIpc) is 2.96. The third-order valence-electron chi connectivity index (χ3n) is 4.51. The van der Waals surface area contributed by atoms with Gasteiger partial charge in [0, 0.05) is 7.05 Å². The second kappa shape index (κ2) is 9.55. The molecule has 0 amide bonds. The Labute approximate surface area is 173 Å². The smallest absolute Gasteiger partial charge is 0.335 e. The summed E-state index contributed by atoms with van der Waals surface area (Å²) in [6.07, 6.45) is 0. The second-order valence-corrected chi connectivity index (χ2v) is 6.19. The van der Waals surface area contributed by atoms with Crippen molar-refractivity contribution < 1.29 is 24.1 Å². The van der Waals surface area contributed by atoms with Crippen LogP contribution >= 0.6 is 0 Å². The van der Waals surface area contributed by atoms with E-state index in [1.54, 1.807) is 9.36 Å². The van der Waals surface area contributed by atoms with Crippen LogP contribution in [0.2, 0.25) is 0 Å². The summed E-state index contributed by atoms with van der Waals surface area (Å²) in [7, 11) is 6.15. The Hall–Kier alpha value is -3.88. The number of rotatable bonds is 5. The predicted octanol–water partition coefficient (Wildman–Crippen LogP) is 2.48. The molecule has 0 aliphatic carbocycles. The SMILES string of the molecule is COc1cc(C(=O)O)cc(OC)c1OC.Cc1c(N)c(=O)n(-c2ccccc2)n1C. The number of anilines is 1. The molecule has 0 spiro atoms. The van der Waals surface area contributed by atoms with Crippen LogP contribution in [0.3, 0.4) is 0 Å². The van der Waals surface area contributed by atoms with Crippen molar-refractivity contribution in [3.8, 4) is 22.9 Å². The van der Waals surface area contributed by atoms with Crippen LogP contribution in [0.25, 0.3) is 5.69 Å². The zero-order chi connectivity index (χ0) is 22.4. The molecule has 3 N–H and O–H groups in total. The summed E-state index contributed by atoms with van der Waals surface area (Å²) in [6.45, 7) is 1.83. The van der Waals surface area contributed by atoms with Crippen LogP contribution in [0.4, 0.5) is 5.69 Å². The minimum atomic E-state index is -1.05. The number of carbonyl (C=O) groups is 1. The molecule has 0 saturated heterocycles. The maximum Gasteiger partial charge on any atom is 0.335 e. The third kappa shape index (κ3) is 4.40. The number of hydrogen-bond donors (Lipinski definition) is 2. The van der Waals surface area contributed by atoms with Gasteiger partial charge in [-0.25, -0.2) is 9.48 Å². The summed E-state index contributed by atoms with van der Waals surface area (Å²) < 4.78 is 18.4. The van der Waals surface area contributed by atoms with Gasteiger partial charge in [0.15, 0.2) is 11.5 Å². The Morgan fingerprint density at radius 1 is 1.00 bits per heavy atom. The van der Waals surface area contributed by atoms with Crippen LogP contribution in [-0.4, -0.2) is 41.8 Å². The minimum Gasteiger partial charge on any atom is -0.493 e. The third-order valence-corrected chi connectivity index (χ3v) is 4.51. The lowest BCUT2D eigenvalue weighted by Gasteiger charge is -2.12. The standard InChI is InChI=1S/C11H13N3O.C10H12O5/c1-8-10(12)11(15)14(13(8)2)9-6-4-3-5-7-9;1-13-7-4-6(10(11)12)5-8(14-2)9(7)15-3/h3-7H,12H2,1-2H3;4-5H,1-3H3,(H,11,12).